The number of hydrogen-bond acceptors (Lipinski definition) is 7. The van der Waals surface area contributed by atoms with E-state index < -0.39 is 12.1 Å². The minimum Gasteiger partial charge on any atom is -0.494 e. The first-order valence-corrected chi connectivity index (χ1v) is 13.8. The first-order chi connectivity index (χ1) is 19.4. The van der Waals surface area contributed by atoms with Crippen LogP contribution in [0.3, 0.4) is 0 Å². The molecule has 2 N–H and O–H groups in total. The van der Waals surface area contributed by atoms with E-state index in [1.54, 1.807) is 18.1 Å². The number of methoxy groups -OCH3 is 1. The lowest BCUT2D eigenvalue weighted by molar-refractivity contribution is -0.145. The second-order valence-corrected chi connectivity index (χ2v) is 11.2. The summed E-state index contributed by atoms with van der Waals surface area (Å²) < 4.78 is 15.6. The minimum atomic E-state index is -0.504. The van der Waals surface area contributed by atoms with E-state index in [1.807, 2.05) is 29.9 Å². The lowest BCUT2D eigenvalue weighted by Crippen LogP contribution is -2.49. The van der Waals surface area contributed by atoms with Crippen molar-refractivity contribution < 1.29 is 19.1 Å². The Morgan fingerprint density at radius 3 is 2.80 bits per heavy atom. The number of aryl methyl sites for hydroxylation is 1. The predicted octanol–water partition coefficient (Wildman–Crippen LogP) is 3.28. The fraction of sp³-hybridized carbons (Fsp3) is 0.400. The van der Waals surface area contributed by atoms with E-state index in [1.165, 1.54) is 12.8 Å². The van der Waals surface area contributed by atoms with Gasteiger partial charge in [0.2, 0.25) is 0 Å². The average Bonchev–Trinajstić information content (AvgIpc) is 3.40. The van der Waals surface area contributed by atoms with Gasteiger partial charge < -0.3 is 29.2 Å². The smallest absolute Gasteiger partial charge is 0.330 e. The highest BCUT2D eigenvalue weighted by atomic mass is 16.5. The number of benzene rings is 1. The Labute approximate surface area is 231 Å². The summed E-state index contributed by atoms with van der Waals surface area (Å²) in [7, 11) is 3.57. The summed E-state index contributed by atoms with van der Waals surface area (Å²) in [6.45, 7) is 4.91. The highest BCUT2D eigenvalue weighted by molar-refractivity contribution is 6.00. The molecule has 2 bridgehead atoms. The number of rotatable bonds is 7. The third-order valence-corrected chi connectivity index (χ3v) is 8.76. The maximum absolute atomic E-state index is 13.9. The van der Waals surface area contributed by atoms with Gasteiger partial charge in [-0.05, 0) is 61.4 Å². The van der Waals surface area contributed by atoms with Crippen LogP contribution in [0.5, 0.6) is 5.75 Å². The van der Waals surface area contributed by atoms with Gasteiger partial charge in [-0.25, -0.2) is 14.8 Å². The number of esters is 1. The van der Waals surface area contributed by atoms with Crippen LogP contribution >= 0.6 is 0 Å². The van der Waals surface area contributed by atoms with Crippen molar-refractivity contribution in [3.63, 3.8) is 0 Å². The predicted molar refractivity (Wildman–Crippen MR) is 150 cm³/mol. The molecule has 1 amide bonds. The van der Waals surface area contributed by atoms with Gasteiger partial charge in [0.15, 0.2) is 5.82 Å². The van der Waals surface area contributed by atoms with Crippen molar-refractivity contribution in [3.05, 3.63) is 54.7 Å². The second kappa shape index (κ2) is 9.19. The maximum atomic E-state index is 13.9. The molecule has 1 aromatic carbocycles. The molecule has 4 aromatic rings. The van der Waals surface area contributed by atoms with E-state index in [0.29, 0.717) is 35.7 Å². The highest BCUT2D eigenvalue weighted by Crippen LogP contribution is 2.41. The van der Waals surface area contributed by atoms with E-state index in [0.717, 1.165) is 40.7 Å². The van der Waals surface area contributed by atoms with Crippen molar-refractivity contribution in [1.82, 2.24) is 24.0 Å². The molecule has 2 saturated carbocycles. The zero-order valence-corrected chi connectivity index (χ0v) is 22.6. The van der Waals surface area contributed by atoms with Crippen molar-refractivity contribution in [2.24, 2.45) is 24.6 Å². The number of carbonyl (C=O) groups is 2. The first-order valence-electron chi connectivity index (χ1n) is 13.8. The standard InChI is InChI=1S/C30H32N6O4/c1-4-24(37)40-23-13-19-15-36(27(23)25(19)31)30(38)18-10-20-26(22(12-18)39-3)34(2)29(33-20)21-11-17-6-5-9-32-28(17)35(21)14-16-7-8-16/h4-6,9-12,16,19,23,25,27H,1,7-8,13-15,31H2,2-3H3/t19-,23+,25-,27-/m1/s1. The molecular formula is C30H32N6O4. The van der Waals surface area contributed by atoms with Crippen LogP contribution < -0.4 is 10.5 Å². The van der Waals surface area contributed by atoms with E-state index in [4.69, 9.17) is 20.2 Å². The molecule has 0 spiro atoms. The van der Waals surface area contributed by atoms with Crippen molar-refractivity contribution in [1.29, 1.82) is 0 Å². The van der Waals surface area contributed by atoms with Gasteiger partial charge in [0, 0.05) is 49.4 Å². The number of nitrogens with two attached hydrogens (primary N) is 1. The number of fused-ring (bicyclic) bond motifs is 4. The molecule has 1 saturated heterocycles. The Kier molecular flexibility index (Phi) is 5.71. The molecule has 0 unspecified atom stereocenters. The summed E-state index contributed by atoms with van der Waals surface area (Å²) in [5, 5.41) is 1.07. The Balaban J connectivity index is 1.28. The van der Waals surface area contributed by atoms with Crippen molar-refractivity contribution in [3.8, 4) is 17.3 Å². The lowest BCUT2D eigenvalue weighted by Gasteiger charge is -2.33. The van der Waals surface area contributed by atoms with Gasteiger partial charge in [-0.1, -0.05) is 6.58 Å². The monoisotopic (exact) mass is 540 g/mol. The molecule has 4 heterocycles. The number of aromatic nitrogens is 4. The lowest BCUT2D eigenvalue weighted by atomic mass is 10.1. The molecule has 1 aliphatic heterocycles. The number of nitrogens with zero attached hydrogens (tertiary/aromatic N) is 5. The zero-order chi connectivity index (χ0) is 27.7. The fourth-order valence-corrected chi connectivity index (χ4v) is 6.63. The normalized spacial score (nSPS) is 23.7. The minimum absolute atomic E-state index is 0.0747. The second-order valence-electron chi connectivity index (χ2n) is 11.2. The Morgan fingerprint density at radius 1 is 1.25 bits per heavy atom. The number of ether oxygens (including phenoxy) is 2. The summed E-state index contributed by atoms with van der Waals surface area (Å²) in [4.78, 5) is 37.2. The molecule has 206 valence electrons. The van der Waals surface area contributed by atoms with E-state index in [-0.39, 0.29) is 23.9 Å². The van der Waals surface area contributed by atoms with Crippen molar-refractivity contribution in [2.75, 3.05) is 13.7 Å². The number of imidazole rings is 1. The molecule has 3 aliphatic rings. The fourth-order valence-electron chi connectivity index (χ4n) is 6.63. The molecule has 4 atom stereocenters. The van der Waals surface area contributed by atoms with Gasteiger partial charge >= 0.3 is 5.97 Å². The number of hydrogen-bond donors (Lipinski definition) is 1. The summed E-state index contributed by atoms with van der Waals surface area (Å²) in [5.74, 6) is 1.40. The molecule has 40 heavy (non-hydrogen) atoms. The van der Waals surface area contributed by atoms with Gasteiger partial charge in [-0.2, -0.15) is 0 Å². The third kappa shape index (κ3) is 3.81. The van der Waals surface area contributed by atoms with Gasteiger partial charge in [0.25, 0.3) is 5.91 Å². The van der Waals surface area contributed by atoms with E-state index in [2.05, 4.69) is 28.3 Å². The largest absolute Gasteiger partial charge is 0.494 e. The molecule has 0 radical (unpaired) electrons. The van der Waals surface area contributed by atoms with Crippen LogP contribution in [0.4, 0.5) is 0 Å². The van der Waals surface area contributed by atoms with Crippen LogP contribution in [0.1, 0.15) is 29.6 Å². The van der Waals surface area contributed by atoms with Crippen LogP contribution in [-0.2, 0) is 23.1 Å². The molecule has 3 aromatic heterocycles. The Morgan fingerprint density at radius 2 is 2.08 bits per heavy atom. The van der Waals surface area contributed by atoms with Crippen LogP contribution in [0, 0.1) is 11.8 Å². The highest BCUT2D eigenvalue weighted by Gasteiger charge is 2.54. The summed E-state index contributed by atoms with van der Waals surface area (Å²) >= 11 is 0. The number of piperidine rings is 1. The Bertz CT molecular complexity index is 1680. The molecule has 7 rings (SSSR count). The molecule has 3 fully saturated rings. The van der Waals surface area contributed by atoms with Crippen LogP contribution in [-0.4, -0.2) is 67.7 Å². The zero-order valence-electron chi connectivity index (χ0n) is 22.6. The van der Waals surface area contributed by atoms with Gasteiger partial charge in [0.1, 0.15) is 23.0 Å². The first kappa shape index (κ1) is 24.8. The summed E-state index contributed by atoms with van der Waals surface area (Å²) in [6.07, 6.45) is 5.61. The molecule has 10 nitrogen and oxygen atoms in total. The van der Waals surface area contributed by atoms with Crippen LogP contribution in [0.15, 0.2) is 49.2 Å². The number of carbonyl (C=O) groups excluding carboxylic acids is 2. The van der Waals surface area contributed by atoms with E-state index in [9.17, 15) is 9.59 Å². The summed E-state index contributed by atoms with van der Waals surface area (Å²) in [6, 6.07) is 9.11. The third-order valence-electron chi connectivity index (χ3n) is 8.76. The number of pyridine rings is 1. The van der Waals surface area contributed by atoms with Crippen molar-refractivity contribution in [2.45, 2.75) is 44.0 Å². The quantitative estimate of drug-likeness (QED) is 0.282. The summed E-state index contributed by atoms with van der Waals surface area (Å²) in [5.41, 5.74) is 10.3. The Hall–Kier alpha value is -4.18. The van der Waals surface area contributed by atoms with Gasteiger partial charge in [-0.3, -0.25) is 4.79 Å². The number of amides is 1. The topological polar surface area (TPSA) is 118 Å². The van der Waals surface area contributed by atoms with Crippen LogP contribution in [0.2, 0.25) is 0 Å². The van der Waals surface area contributed by atoms with Crippen LogP contribution in [0.25, 0.3) is 33.6 Å². The average molecular weight is 541 g/mol. The molecule has 10 heteroatoms. The van der Waals surface area contributed by atoms with Crippen molar-refractivity contribution >= 4 is 33.9 Å². The number of likely N-dealkylation sites (tertiary alicyclic amines) is 1. The molecule has 2 aliphatic carbocycles. The SMILES string of the molecule is C=CC(=O)O[C@H]1C[C@@H]2CN(C(=O)c3cc(OC)c4c(c3)nc(-c3cc5cccnc5n3CC3CC3)n4C)[C@H]1[C@@H]2N. The maximum Gasteiger partial charge on any atom is 0.330 e. The van der Waals surface area contributed by atoms with E-state index >= 15 is 0 Å². The van der Waals surface area contributed by atoms with Gasteiger partial charge in [-0.15, -0.1) is 0 Å². The van der Waals surface area contributed by atoms with Gasteiger partial charge in [0.05, 0.1) is 24.4 Å². The molecular weight excluding hydrogens is 508 g/mol.